The number of hydrogen-bond donors (Lipinski definition) is 2. The molecule has 0 radical (unpaired) electrons. The number of imide groups is 1. The zero-order valence-corrected chi connectivity index (χ0v) is 15.1. The van der Waals surface area contributed by atoms with E-state index in [1.807, 2.05) is 0 Å². The largest absolute Gasteiger partial charge is 0.390 e. The van der Waals surface area contributed by atoms with Gasteiger partial charge in [-0.15, -0.1) is 0 Å². The molecule has 140 valence electrons. The van der Waals surface area contributed by atoms with Crippen LogP contribution in [0.1, 0.15) is 11.1 Å². The normalized spacial score (nSPS) is 26.2. The van der Waals surface area contributed by atoms with Gasteiger partial charge in [0, 0.05) is 0 Å². The summed E-state index contributed by atoms with van der Waals surface area (Å²) in [4.78, 5) is 27.2. The van der Waals surface area contributed by atoms with Gasteiger partial charge in [-0.25, -0.2) is 13.2 Å². The first-order valence-electron chi connectivity index (χ1n) is 8.50. The highest BCUT2D eigenvalue weighted by Gasteiger charge is 2.58. The summed E-state index contributed by atoms with van der Waals surface area (Å²) in [6, 6.07) is 15.8. The number of urea groups is 1. The van der Waals surface area contributed by atoms with E-state index in [9.17, 15) is 23.1 Å². The molecule has 0 spiro atoms. The molecule has 2 heterocycles. The van der Waals surface area contributed by atoms with Crippen molar-refractivity contribution in [2.75, 3.05) is 11.5 Å². The molecule has 0 bridgehead atoms. The van der Waals surface area contributed by atoms with E-state index in [0.29, 0.717) is 11.1 Å². The number of aliphatic hydroxyl groups is 1. The molecule has 0 aromatic heterocycles. The van der Waals surface area contributed by atoms with Crippen LogP contribution in [0.4, 0.5) is 4.79 Å². The third kappa shape index (κ3) is 2.72. The van der Waals surface area contributed by atoms with E-state index >= 15 is 0 Å². The van der Waals surface area contributed by atoms with E-state index in [1.54, 1.807) is 60.7 Å². The smallest absolute Gasteiger partial charge is 0.325 e. The molecule has 7 nitrogen and oxygen atoms in total. The minimum absolute atomic E-state index is 0.438. The Morgan fingerprint density at radius 2 is 1.44 bits per heavy atom. The van der Waals surface area contributed by atoms with Gasteiger partial charge in [-0.05, 0) is 11.1 Å². The van der Waals surface area contributed by atoms with Crippen LogP contribution >= 0.6 is 0 Å². The van der Waals surface area contributed by atoms with E-state index in [4.69, 9.17) is 0 Å². The van der Waals surface area contributed by atoms with Crippen LogP contribution in [0.25, 0.3) is 0 Å². The van der Waals surface area contributed by atoms with Crippen LogP contribution in [-0.4, -0.2) is 54.0 Å². The Bertz CT molecular complexity index is 952. The summed E-state index contributed by atoms with van der Waals surface area (Å²) >= 11 is 0. The number of rotatable bonds is 3. The van der Waals surface area contributed by atoms with Gasteiger partial charge < -0.3 is 10.4 Å². The summed E-state index contributed by atoms with van der Waals surface area (Å²) in [5.41, 5.74) is -0.342. The molecule has 0 saturated carbocycles. The average molecular weight is 386 g/mol. The molecule has 27 heavy (non-hydrogen) atoms. The molecule has 0 unspecified atom stereocenters. The second kappa shape index (κ2) is 6.17. The van der Waals surface area contributed by atoms with Crippen molar-refractivity contribution in [3.8, 4) is 0 Å². The Morgan fingerprint density at radius 3 is 1.89 bits per heavy atom. The number of nitrogens with one attached hydrogen (secondary N) is 1. The fraction of sp³-hybridized carbons (Fsp3) is 0.263. The van der Waals surface area contributed by atoms with Crippen molar-refractivity contribution in [3.05, 3.63) is 71.8 Å². The zero-order chi connectivity index (χ0) is 19.2. The van der Waals surface area contributed by atoms with Gasteiger partial charge in [-0.3, -0.25) is 9.69 Å². The number of hydrogen-bond acceptors (Lipinski definition) is 5. The van der Waals surface area contributed by atoms with Gasteiger partial charge in [0.15, 0.2) is 15.4 Å². The number of sulfone groups is 1. The predicted octanol–water partition coefficient (Wildman–Crippen LogP) is 0.640. The number of carbonyl (C=O) groups is 2. The maximum atomic E-state index is 13.5. The molecular weight excluding hydrogens is 368 g/mol. The molecule has 2 aromatic carbocycles. The lowest BCUT2D eigenvalue weighted by molar-refractivity contribution is -0.132. The van der Waals surface area contributed by atoms with Gasteiger partial charge in [0.05, 0.1) is 23.7 Å². The summed E-state index contributed by atoms with van der Waals surface area (Å²) in [7, 11) is -3.52. The van der Waals surface area contributed by atoms with Gasteiger partial charge in [0.1, 0.15) is 0 Å². The average Bonchev–Trinajstić information content (AvgIpc) is 3.08. The van der Waals surface area contributed by atoms with Crippen LogP contribution in [0.3, 0.4) is 0 Å². The second-order valence-corrected chi connectivity index (χ2v) is 8.95. The molecule has 2 saturated heterocycles. The van der Waals surface area contributed by atoms with Crippen molar-refractivity contribution in [1.29, 1.82) is 0 Å². The number of amides is 3. The molecule has 0 aliphatic carbocycles. The molecule has 2 fully saturated rings. The Labute approximate surface area is 156 Å². The molecule has 3 amide bonds. The molecule has 4 rings (SSSR count). The summed E-state index contributed by atoms with van der Waals surface area (Å²) in [5, 5.41) is 12.9. The molecule has 2 aliphatic rings. The van der Waals surface area contributed by atoms with Crippen molar-refractivity contribution in [2.45, 2.75) is 17.7 Å². The summed E-state index contributed by atoms with van der Waals surface area (Å²) < 4.78 is 23.8. The minimum atomic E-state index is -3.52. The van der Waals surface area contributed by atoms with E-state index in [2.05, 4.69) is 5.32 Å². The first kappa shape index (κ1) is 17.7. The molecule has 2 aliphatic heterocycles. The van der Waals surface area contributed by atoms with Gasteiger partial charge in [-0.2, -0.15) is 0 Å². The minimum Gasteiger partial charge on any atom is -0.390 e. The highest BCUT2D eigenvalue weighted by atomic mass is 32.2. The SMILES string of the molecule is O=C1NC(c2ccccc2)(c2ccccc2)C(=O)N1[C@@H]1CS(=O)(=O)C[C@H]1O. The standard InChI is InChI=1S/C19H18N2O5S/c22-16-12-27(25,26)11-15(16)21-17(23)19(20-18(21)24,13-7-3-1-4-8-13)14-9-5-2-6-10-14/h1-10,15-16,22H,11-12H2,(H,20,24)/t15-,16-/m1/s1. The predicted molar refractivity (Wildman–Crippen MR) is 97.5 cm³/mol. The number of benzene rings is 2. The highest BCUT2D eigenvalue weighted by Crippen LogP contribution is 2.38. The Balaban J connectivity index is 1.85. The highest BCUT2D eigenvalue weighted by molar-refractivity contribution is 7.91. The van der Waals surface area contributed by atoms with Crippen LogP contribution in [-0.2, 0) is 20.2 Å². The van der Waals surface area contributed by atoms with Crippen LogP contribution in [0.15, 0.2) is 60.7 Å². The van der Waals surface area contributed by atoms with Gasteiger partial charge in [-0.1, -0.05) is 60.7 Å². The van der Waals surface area contributed by atoms with Crippen molar-refractivity contribution in [3.63, 3.8) is 0 Å². The van der Waals surface area contributed by atoms with Crippen molar-refractivity contribution in [2.24, 2.45) is 0 Å². The van der Waals surface area contributed by atoms with E-state index in [0.717, 1.165) is 4.90 Å². The monoisotopic (exact) mass is 386 g/mol. The quantitative estimate of drug-likeness (QED) is 0.754. The number of carbonyl (C=O) groups excluding carboxylic acids is 2. The topological polar surface area (TPSA) is 104 Å². The third-order valence-corrected chi connectivity index (χ3v) is 6.79. The first-order chi connectivity index (χ1) is 12.8. The molecular formula is C19H18N2O5S. The van der Waals surface area contributed by atoms with Gasteiger partial charge in [0.2, 0.25) is 0 Å². The Kier molecular flexibility index (Phi) is 4.05. The Morgan fingerprint density at radius 1 is 0.926 bits per heavy atom. The lowest BCUT2D eigenvalue weighted by atomic mass is 9.82. The van der Waals surface area contributed by atoms with Crippen LogP contribution in [0.2, 0.25) is 0 Å². The van der Waals surface area contributed by atoms with Crippen LogP contribution < -0.4 is 5.32 Å². The van der Waals surface area contributed by atoms with Crippen LogP contribution in [0.5, 0.6) is 0 Å². The van der Waals surface area contributed by atoms with Gasteiger partial charge >= 0.3 is 6.03 Å². The summed E-state index contributed by atoms with van der Waals surface area (Å²) in [6.07, 6.45) is -1.30. The number of nitrogens with zero attached hydrogens (tertiary/aromatic N) is 1. The first-order valence-corrected chi connectivity index (χ1v) is 10.3. The maximum Gasteiger partial charge on any atom is 0.325 e. The van der Waals surface area contributed by atoms with Crippen molar-refractivity contribution >= 4 is 21.8 Å². The fourth-order valence-electron chi connectivity index (χ4n) is 3.84. The van der Waals surface area contributed by atoms with Crippen molar-refractivity contribution in [1.82, 2.24) is 10.2 Å². The molecule has 2 N–H and O–H groups in total. The molecule has 2 aromatic rings. The molecule has 8 heteroatoms. The van der Waals surface area contributed by atoms with E-state index in [1.165, 1.54) is 0 Å². The Hall–Kier alpha value is -2.71. The number of aliphatic hydroxyl groups excluding tert-OH is 1. The fourth-order valence-corrected chi connectivity index (χ4v) is 5.61. The second-order valence-electron chi connectivity index (χ2n) is 6.80. The van der Waals surface area contributed by atoms with Crippen molar-refractivity contribution < 1.29 is 23.1 Å². The van der Waals surface area contributed by atoms with E-state index in [-0.39, 0.29) is 0 Å². The lowest BCUT2D eigenvalue weighted by Crippen LogP contribution is -2.49. The van der Waals surface area contributed by atoms with Crippen LogP contribution in [0, 0.1) is 0 Å². The molecule has 2 atom stereocenters. The summed E-state index contributed by atoms with van der Waals surface area (Å²) in [6.45, 7) is 0. The summed E-state index contributed by atoms with van der Waals surface area (Å²) in [5.74, 6) is -1.49. The third-order valence-electron chi connectivity index (χ3n) is 5.09. The van der Waals surface area contributed by atoms with E-state index < -0.39 is 51.0 Å². The maximum absolute atomic E-state index is 13.5. The zero-order valence-electron chi connectivity index (χ0n) is 14.3. The van der Waals surface area contributed by atoms with Gasteiger partial charge in [0.25, 0.3) is 5.91 Å². The lowest BCUT2D eigenvalue weighted by Gasteiger charge is -2.29.